The van der Waals surface area contributed by atoms with Crippen molar-refractivity contribution in [3.05, 3.63) is 90.0 Å². The fourth-order valence-electron chi connectivity index (χ4n) is 5.21. The lowest BCUT2D eigenvalue weighted by Gasteiger charge is -2.30. The second-order valence-corrected chi connectivity index (χ2v) is 13.3. The molecule has 2 amide bonds. The van der Waals surface area contributed by atoms with Crippen molar-refractivity contribution in [3.63, 3.8) is 0 Å². The Hall–Kier alpha value is -4.26. The van der Waals surface area contributed by atoms with Crippen LogP contribution in [0.4, 0.5) is 10.5 Å². The molecule has 45 heavy (non-hydrogen) atoms. The summed E-state index contributed by atoms with van der Waals surface area (Å²) in [6.07, 6.45) is -1.16. The van der Waals surface area contributed by atoms with Gasteiger partial charge in [-0.05, 0) is 86.2 Å². The number of ether oxygens (including phenoxy) is 2. The van der Waals surface area contributed by atoms with Crippen LogP contribution in [0.3, 0.4) is 0 Å². The van der Waals surface area contributed by atoms with Crippen LogP contribution in [-0.4, -0.2) is 80.6 Å². The van der Waals surface area contributed by atoms with Gasteiger partial charge in [0.25, 0.3) is 5.91 Å². The number of hydrogen-bond donors (Lipinski definition) is 2. The first-order valence-corrected chi connectivity index (χ1v) is 16.2. The van der Waals surface area contributed by atoms with E-state index in [4.69, 9.17) is 9.47 Å². The second-order valence-electron chi connectivity index (χ2n) is 11.4. The summed E-state index contributed by atoms with van der Waals surface area (Å²) in [5.41, 5.74) is 1.79. The van der Waals surface area contributed by atoms with Gasteiger partial charge < -0.3 is 19.9 Å². The minimum Gasteiger partial charge on any atom is -0.497 e. The van der Waals surface area contributed by atoms with Crippen molar-refractivity contribution in [2.75, 3.05) is 31.6 Å². The van der Waals surface area contributed by atoms with E-state index in [9.17, 15) is 27.9 Å². The molecule has 11 nitrogen and oxygen atoms in total. The van der Waals surface area contributed by atoms with Gasteiger partial charge in [-0.25, -0.2) is 13.2 Å². The van der Waals surface area contributed by atoms with E-state index in [0.717, 1.165) is 18.4 Å². The van der Waals surface area contributed by atoms with E-state index in [2.05, 4.69) is 5.32 Å². The molecule has 2 N–H and O–H groups in total. The highest BCUT2D eigenvalue weighted by atomic mass is 32.2. The molecule has 2 fully saturated rings. The number of nitrogens with one attached hydrogen (secondary N) is 1. The summed E-state index contributed by atoms with van der Waals surface area (Å²) in [7, 11) is -2.48. The number of carbonyl (C=O) groups excluding carboxylic acids is 3. The Labute approximate surface area is 262 Å². The molecule has 0 unspecified atom stereocenters. The molecule has 1 aliphatic carbocycles. The summed E-state index contributed by atoms with van der Waals surface area (Å²) in [4.78, 5) is 39.1. The maximum Gasteiger partial charge on any atom is 0.415 e. The van der Waals surface area contributed by atoms with Gasteiger partial charge in [-0.1, -0.05) is 30.3 Å². The third-order valence-electron chi connectivity index (χ3n) is 8.03. The number of hydrogen-bond acceptors (Lipinski definition) is 8. The van der Waals surface area contributed by atoms with E-state index < -0.39 is 40.3 Å². The Morgan fingerprint density at radius 3 is 2.31 bits per heavy atom. The number of methoxy groups -OCH3 is 1. The number of amides is 2. The first-order valence-electron chi connectivity index (χ1n) is 14.8. The molecule has 238 valence electrons. The van der Waals surface area contributed by atoms with Gasteiger partial charge in [0.1, 0.15) is 5.75 Å². The standard InChI is InChI=1S/C33H37N3O8S/c1-22(37)25-10-12-26(13-11-25)36-21-31(44-33(36)40)32(39)34-29(18-23-6-4-3-5-7-23)30(38)20-35(19-24-8-9-24)45(41,42)28-16-14-27(43-2)15-17-28/h3-7,10-17,24,29-31,38H,8-9,18-21H2,1-2H3,(H,34,39)/t29-,30+,31-/m0/s1. The van der Waals surface area contributed by atoms with Gasteiger partial charge in [0, 0.05) is 24.3 Å². The van der Waals surface area contributed by atoms with Gasteiger partial charge in [-0.2, -0.15) is 4.31 Å². The van der Waals surface area contributed by atoms with E-state index in [1.807, 2.05) is 30.3 Å². The average molecular weight is 636 g/mol. The number of cyclic esters (lactones) is 1. The van der Waals surface area contributed by atoms with Gasteiger partial charge >= 0.3 is 6.09 Å². The SMILES string of the molecule is COc1ccc(S(=O)(=O)N(CC2CC2)C[C@@H](O)[C@H](Cc2ccccc2)NC(=O)[C@@H]2CN(c3ccc(C(C)=O)cc3)C(=O)O2)cc1. The molecule has 12 heteroatoms. The summed E-state index contributed by atoms with van der Waals surface area (Å²) in [6.45, 7) is 1.37. The first kappa shape index (κ1) is 32.1. The lowest BCUT2D eigenvalue weighted by Crippen LogP contribution is -2.53. The number of benzene rings is 3. The van der Waals surface area contributed by atoms with E-state index in [-0.39, 0.29) is 42.7 Å². The zero-order valence-electron chi connectivity index (χ0n) is 25.2. The smallest absolute Gasteiger partial charge is 0.415 e. The molecule has 2 aliphatic rings. The van der Waals surface area contributed by atoms with Crippen LogP contribution in [0.5, 0.6) is 5.75 Å². The summed E-state index contributed by atoms with van der Waals surface area (Å²) in [6, 6.07) is 20.8. The van der Waals surface area contributed by atoms with Gasteiger partial charge in [-0.3, -0.25) is 14.5 Å². The molecule has 3 aromatic rings. The van der Waals surface area contributed by atoms with E-state index in [1.54, 1.807) is 36.4 Å². The van der Waals surface area contributed by atoms with Gasteiger partial charge in [-0.15, -0.1) is 0 Å². The highest BCUT2D eigenvalue weighted by Crippen LogP contribution is 2.32. The Bertz CT molecular complexity index is 1610. The fourth-order valence-corrected chi connectivity index (χ4v) is 6.74. The molecule has 1 saturated carbocycles. The maximum atomic E-state index is 13.7. The fraction of sp³-hybridized carbons (Fsp3) is 0.364. The quantitative estimate of drug-likeness (QED) is 0.257. The number of Topliss-reactive ketones (excluding diaryl/α,β-unsaturated/α-hetero) is 1. The lowest BCUT2D eigenvalue weighted by atomic mass is 10.0. The molecule has 5 rings (SSSR count). The molecular formula is C33H37N3O8S. The molecule has 0 radical (unpaired) electrons. The largest absolute Gasteiger partial charge is 0.497 e. The van der Waals surface area contributed by atoms with Crippen molar-refractivity contribution >= 4 is 33.5 Å². The summed E-state index contributed by atoms with van der Waals surface area (Å²) >= 11 is 0. The van der Waals surface area contributed by atoms with Crippen molar-refractivity contribution in [1.29, 1.82) is 0 Å². The van der Waals surface area contributed by atoms with E-state index in [0.29, 0.717) is 17.0 Å². The van der Waals surface area contributed by atoms with Crippen molar-refractivity contribution < 1.29 is 37.4 Å². The average Bonchev–Trinajstić information content (AvgIpc) is 3.78. The summed E-state index contributed by atoms with van der Waals surface area (Å²) in [5, 5.41) is 14.4. The molecule has 1 saturated heterocycles. The number of aliphatic hydroxyl groups excluding tert-OH is 1. The van der Waals surface area contributed by atoms with Crippen LogP contribution in [-0.2, 0) is 26.0 Å². The minimum absolute atomic E-state index is 0.0715. The summed E-state index contributed by atoms with van der Waals surface area (Å²) < 4.78 is 39.3. The number of aliphatic hydroxyl groups is 1. The maximum absolute atomic E-state index is 13.7. The molecule has 1 heterocycles. The van der Waals surface area contributed by atoms with Crippen LogP contribution in [0, 0.1) is 5.92 Å². The zero-order valence-corrected chi connectivity index (χ0v) is 26.0. The minimum atomic E-state index is -3.97. The lowest BCUT2D eigenvalue weighted by molar-refractivity contribution is -0.129. The number of carbonyl (C=O) groups is 3. The number of ketones is 1. The Kier molecular flexibility index (Phi) is 9.86. The van der Waals surface area contributed by atoms with Crippen LogP contribution in [0.1, 0.15) is 35.7 Å². The normalized spacial score (nSPS) is 17.9. The van der Waals surface area contributed by atoms with Crippen molar-refractivity contribution in [2.45, 2.75) is 49.3 Å². The topological polar surface area (TPSA) is 143 Å². The Morgan fingerprint density at radius 1 is 1.04 bits per heavy atom. The highest BCUT2D eigenvalue weighted by Gasteiger charge is 2.40. The van der Waals surface area contributed by atoms with Crippen LogP contribution >= 0.6 is 0 Å². The van der Waals surface area contributed by atoms with E-state index in [1.165, 1.54) is 35.4 Å². The van der Waals surface area contributed by atoms with Crippen LogP contribution in [0.15, 0.2) is 83.8 Å². The predicted octanol–water partition coefficient (Wildman–Crippen LogP) is 3.41. The van der Waals surface area contributed by atoms with Crippen LogP contribution in [0.25, 0.3) is 0 Å². The third kappa shape index (κ3) is 7.88. The molecule has 0 spiro atoms. The number of anilines is 1. The summed E-state index contributed by atoms with van der Waals surface area (Å²) in [5.74, 6) is -0.00957. The Balaban J connectivity index is 1.33. The first-order chi connectivity index (χ1) is 21.5. The zero-order chi connectivity index (χ0) is 32.1. The molecule has 0 bridgehead atoms. The molecule has 1 aliphatic heterocycles. The van der Waals surface area contributed by atoms with Crippen LogP contribution < -0.4 is 15.0 Å². The van der Waals surface area contributed by atoms with Gasteiger partial charge in [0.05, 0.1) is 30.7 Å². The highest BCUT2D eigenvalue weighted by molar-refractivity contribution is 7.89. The van der Waals surface area contributed by atoms with Crippen molar-refractivity contribution in [3.8, 4) is 5.75 Å². The predicted molar refractivity (Wildman–Crippen MR) is 167 cm³/mol. The second kappa shape index (κ2) is 13.8. The monoisotopic (exact) mass is 635 g/mol. The number of sulfonamides is 1. The molecular weight excluding hydrogens is 598 g/mol. The third-order valence-corrected chi connectivity index (χ3v) is 9.87. The molecule has 0 aromatic heterocycles. The number of rotatable bonds is 14. The van der Waals surface area contributed by atoms with Gasteiger partial charge in [0.2, 0.25) is 10.0 Å². The Morgan fingerprint density at radius 2 is 1.71 bits per heavy atom. The molecule has 3 aromatic carbocycles. The van der Waals surface area contributed by atoms with Crippen molar-refractivity contribution in [1.82, 2.24) is 9.62 Å². The number of nitrogens with zero attached hydrogens (tertiary/aromatic N) is 2. The van der Waals surface area contributed by atoms with E-state index >= 15 is 0 Å². The van der Waals surface area contributed by atoms with Crippen LogP contribution in [0.2, 0.25) is 0 Å². The van der Waals surface area contributed by atoms with Crippen molar-refractivity contribution in [2.24, 2.45) is 5.92 Å². The molecule has 3 atom stereocenters. The van der Waals surface area contributed by atoms with Gasteiger partial charge in [0.15, 0.2) is 11.9 Å².